The molecule has 5 rings (SSSR count). The predicted molar refractivity (Wildman–Crippen MR) is 103 cm³/mol. The molecule has 0 amide bonds. The van der Waals surface area contributed by atoms with Crippen molar-refractivity contribution < 1.29 is 13.9 Å². The summed E-state index contributed by atoms with van der Waals surface area (Å²) in [4.78, 5) is 25.4. The zero-order chi connectivity index (χ0) is 18.5. The van der Waals surface area contributed by atoms with Crippen LogP contribution < -0.4 is 10.2 Å². The largest absolute Gasteiger partial charge is 0.464 e. The van der Waals surface area contributed by atoms with Crippen LogP contribution in [0.3, 0.4) is 0 Å². The molecule has 132 valence electrons. The van der Waals surface area contributed by atoms with E-state index in [2.05, 4.69) is 0 Å². The van der Waals surface area contributed by atoms with Crippen LogP contribution in [0.5, 0.6) is 5.75 Å². The van der Waals surface area contributed by atoms with Crippen LogP contribution in [0.2, 0.25) is 0 Å². The standard InChI is InChI=1S/C23H16O4/c1-13-6-8-19-17(10-13)23(25)18(12-26-19)16-11-21(24)27-20-9-7-14-4-2-3-5-15(14)22(16)20/h2-10,12,16H,11H2,1H3. The van der Waals surface area contributed by atoms with Gasteiger partial charge in [-0.15, -0.1) is 0 Å². The van der Waals surface area contributed by atoms with Crippen molar-refractivity contribution in [3.63, 3.8) is 0 Å². The molecule has 0 fully saturated rings. The Hall–Kier alpha value is -3.40. The molecule has 1 aliphatic rings. The summed E-state index contributed by atoms with van der Waals surface area (Å²) in [6.07, 6.45) is 1.61. The van der Waals surface area contributed by atoms with Crippen LogP contribution in [-0.2, 0) is 4.79 Å². The van der Waals surface area contributed by atoms with Crippen LogP contribution in [0, 0.1) is 6.92 Å². The van der Waals surface area contributed by atoms with Gasteiger partial charge in [-0.25, -0.2) is 0 Å². The number of fused-ring (bicyclic) bond motifs is 4. The van der Waals surface area contributed by atoms with Crippen molar-refractivity contribution >= 4 is 27.7 Å². The van der Waals surface area contributed by atoms with Gasteiger partial charge in [-0.2, -0.15) is 0 Å². The molecule has 0 saturated carbocycles. The minimum atomic E-state index is -0.395. The third-order valence-electron chi connectivity index (χ3n) is 5.20. The molecule has 0 radical (unpaired) electrons. The molecule has 4 nitrogen and oxygen atoms in total. The first-order valence-electron chi connectivity index (χ1n) is 8.86. The van der Waals surface area contributed by atoms with E-state index in [0.717, 1.165) is 21.9 Å². The Morgan fingerprint density at radius 3 is 2.70 bits per heavy atom. The van der Waals surface area contributed by atoms with Crippen LogP contribution in [0.25, 0.3) is 21.7 Å². The summed E-state index contributed by atoms with van der Waals surface area (Å²) in [6.45, 7) is 1.94. The molecule has 0 N–H and O–H groups in total. The first kappa shape index (κ1) is 15.8. The molecule has 1 atom stereocenters. The highest BCUT2D eigenvalue weighted by Gasteiger charge is 2.32. The Bertz CT molecular complexity index is 1280. The predicted octanol–water partition coefficient (Wildman–Crippen LogP) is 4.70. The highest BCUT2D eigenvalue weighted by atomic mass is 16.5. The summed E-state index contributed by atoms with van der Waals surface area (Å²) in [5, 5.41) is 2.56. The molecular formula is C23H16O4. The molecule has 0 saturated heterocycles. The lowest BCUT2D eigenvalue weighted by Gasteiger charge is -2.25. The zero-order valence-corrected chi connectivity index (χ0v) is 14.7. The molecule has 0 aliphatic carbocycles. The maximum Gasteiger partial charge on any atom is 0.312 e. The fourth-order valence-electron chi connectivity index (χ4n) is 3.92. The molecule has 1 unspecified atom stereocenters. The average Bonchev–Trinajstić information content (AvgIpc) is 2.68. The maximum atomic E-state index is 13.2. The van der Waals surface area contributed by atoms with Gasteiger partial charge in [0.25, 0.3) is 0 Å². The summed E-state index contributed by atoms with van der Waals surface area (Å²) < 4.78 is 11.2. The SMILES string of the molecule is Cc1ccc2occ(C3CC(=O)Oc4ccc5ccccc5c43)c(=O)c2c1. The monoisotopic (exact) mass is 356 g/mol. The van der Waals surface area contributed by atoms with E-state index >= 15 is 0 Å². The van der Waals surface area contributed by atoms with Crippen molar-refractivity contribution in [2.24, 2.45) is 0 Å². The van der Waals surface area contributed by atoms with Crippen molar-refractivity contribution in [1.82, 2.24) is 0 Å². The van der Waals surface area contributed by atoms with Gasteiger partial charge >= 0.3 is 5.97 Å². The summed E-state index contributed by atoms with van der Waals surface area (Å²) in [5.74, 6) is -0.223. The highest BCUT2D eigenvalue weighted by Crippen LogP contribution is 2.42. The van der Waals surface area contributed by atoms with Gasteiger partial charge in [0.15, 0.2) is 5.43 Å². The normalized spacial score (nSPS) is 16.3. The van der Waals surface area contributed by atoms with Crippen molar-refractivity contribution in [2.45, 2.75) is 19.3 Å². The van der Waals surface area contributed by atoms with Crippen LogP contribution in [0.15, 0.2) is 70.1 Å². The first-order chi connectivity index (χ1) is 13.1. The van der Waals surface area contributed by atoms with Crippen molar-refractivity contribution in [3.8, 4) is 5.75 Å². The lowest BCUT2D eigenvalue weighted by atomic mass is 9.84. The van der Waals surface area contributed by atoms with Gasteiger partial charge in [-0.1, -0.05) is 42.0 Å². The third kappa shape index (κ3) is 2.45. The van der Waals surface area contributed by atoms with Crippen LogP contribution in [0.1, 0.15) is 29.0 Å². The van der Waals surface area contributed by atoms with Gasteiger partial charge in [-0.3, -0.25) is 9.59 Å². The number of carbonyl (C=O) groups excluding carboxylic acids is 1. The lowest BCUT2D eigenvalue weighted by Crippen LogP contribution is -2.25. The molecule has 3 aromatic carbocycles. The van der Waals surface area contributed by atoms with Gasteiger partial charge in [-0.05, 0) is 35.9 Å². The fourth-order valence-corrected chi connectivity index (χ4v) is 3.92. The fraction of sp³-hybridized carbons (Fsp3) is 0.130. The quantitative estimate of drug-likeness (QED) is 0.367. The Kier molecular flexibility index (Phi) is 3.41. The Morgan fingerprint density at radius 2 is 1.81 bits per heavy atom. The summed E-state index contributed by atoms with van der Waals surface area (Å²) in [7, 11) is 0. The smallest absolute Gasteiger partial charge is 0.312 e. The first-order valence-corrected chi connectivity index (χ1v) is 8.86. The number of rotatable bonds is 1. The summed E-state index contributed by atoms with van der Waals surface area (Å²) >= 11 is 0. The number of aryl methyl sites for hydroxylation is 1. The summed E-state index contributed by atoms with van der Waals surface area (Å²) in [6, 6.07) is 17.2. The van der Waals surface area contributed by atoms with E-state index < -0.39 is 5.92 Å². The van der Waals surface area contributed by atoms with Crippen molar-refractivity contribution in [2.75, 3.05) is 0 Å². The Morgan fingerprint density at radius 1 is 0.963 bits per heavy atom. The van der Waals surface area contributed by atoms with E-state index in [1.165, 1.54) is 6.26 Å². The number of hydrogen-bond acceptors (Lipinski definition) is 4. The molecule has 4 heteroatoms. The Labute approximate surface area is 155 Å². The molecule has 0 bridgehead atoms. The highest BCUT2D eigenvalue weighted by molar-refractivity contribution is 5.92. The summed E-state index contributed by atoms with van der Waals surface area (Å²) in [5.41, 5.74) is 2.79. The van der Waals surface area contributed by atoms with Crippen molar-refractivity contribution in [1.29, 1.82) is 0 Å². The third-order valence-corrected chi connectivity index (χ3v) is 5.20. The lowest BCUT2D eigenvalue weighted by molar-refractivity contribution is -0.135. The van der Waals surface area contributed by atoms with E-state index in [1.54, 1.807) is 12.1 Å². The van der Waals surface area contributed by atoms with E-state index in [9.17, 15) is 9.59 Å². The van der Waals surface area contributed by atoms with Crippen LogP contribution in [-0.4, -0.2) is 5.97 Å². The second-order valence-corrected chi connectivity index (χ2v) is 6.95. The van der Waals surface area contributed by atoms with E-state index in [0.29, 0.717) is 22.3 Å². The van der Waals surface area contributed by atoms with Crippen LogP contribution >= 0.6 is 0 Å². The minimum absolute atomic E-state index is 0.0986. The van der Waals surface area contributed by atoms with Gasteiger partial charge in [0.2, 0.25) is 0 Å². The molecule has 2 heterocycles. The number of benzene rings is 3. The molecule has 27 heavy (non-hydrogen) atoms. The van der Waals surface area contributed by atoms with Gasteiger partial charge in [0, 0.05) is 17.0 Å². The Balaban J connectivity index is 1.81. The topological polar surface area (TPSA) is 56.5 Å². The average molecular weight is 356 g/mol. The van der Waals surface area contributed by atoms with Crippen molar-refractivity contribution in [3.05, 3.63) is 87.8 Å². The zero-order valence-electron chi connectivity index (χ0n) is 14.7. The van der Waals surface area contributed by atoms with Gasteiger partial charge < -0.3 is 9.15 Å². The molecule has 1 aromatic heterocycles. The van der Waals surface area contributed by atoms with E-state index in [4.69, 9.17) is 9.15 Å². The molecule has 0 spiro atoms. The minimum Gasteiger partial charge on any atom is -0.464 e. The second-order valence-electron chi connectivity index (χ2n) is 6.95. The molecular weight excluding hydrogens is 340 g/mol. The number of hydrogen-bond donors (Lipinski definition) is 0. The number of ether oxygens (including phenoxy) is 1. The number of esters is 1. The maximum absolute atomic E-state index is 13.2. The van der Waals surface area contributed by atoms with E-state index in [-0.39, 0.29) is 17.8 Å². The van der Waals surface area contributed by atoms with Gasteiger partial charge in [0.1, 0.15) is 11.3 Å². The van der Waals surface area contributed by atoms with Crippen LogP contribution in [0.4, 0.5) is 0 Å². The second kappa shape index (κ2) is 5.81. The van der Waals surface area contributed by atoms with E-state index in [1.807, 2.05) is 49.4 Å². The number of carbonyl (C=O) groups is 1. The van der Waals surface area contributed by atoms with Gasteiger partial charge in [0.05, 0.1) is 18.1 Å². The molecule has 4 aromatic rings. The molecule has 1 aliphatic heterocycles.